The van der Waals surface area contributed by atoms with E-state index < -0.39 is 0 Å². The highest BCUT2D eigenvalue weighted by molar-refractivity contribution is 14.1. The van der Waals surface area contributed by atoms with Crippen molar-refractivity contribution in [1.29, 1.82) is 0 Å². The van der Waals surface area contributed by atoms with E-state index in [0.29, 0.717) is 5.56 Å². The van der Waals surface area contributed by atoms with Crippen molar-refractivity contribution in [2.75, 3.05) is 7.11 Å². The van der Waals surface area contributed by atoms with E-state index in [-0.39, 0.29) is 5.91 Å². The molecule has 0 aromatic heterocycles. The fourth-order valence-electron chi connectivity index (χ4n) is 2.61. The van der Waals surface area contributed by atoms with Crippen LogP contribution in [0, 0.1) is 3.57 Å². The number of benzene rings is 3. The SMILES string of the molecule is COc1ccc(C(=O)NN=C(C)c2ccc(-c3ccccc3)cc2)cc1I. The summed E-state index contributed by atoms with van der Waals surface area (Å²) in [4.78, 5) is 12.3. The van der Waals surface area contributed by atoms with Gasteiger partial charge in [0.15, 0.2) is 0 Å². The quantitative estimate of drug-likeness (QED) is 0.320. The Labute approximate surface area is 172 Å². The number of carbonyl (C=O) groups excluding carboxylic acids is 1. The van der Waals surface area contributed by atoms with E-state index in [1.54, 1.807) is 25.3 Å². The van der Waals surface area contributed by atoms with Gasteiger partial charge in [0, 0.05) is 5.56 Å². The number of rotatable bonds is 5. The highest BCUT2D eigenvalue weighted by Gasteiger charge is 2.08. The monoisotopic (exact) mass is 470 g/mol. The van der Waals surface area contributed by atoms with Gasteiger partial charge < -0.3 is 4.74 Å². The van der Waals surface area contributed by atoms with Crippen molar-refractivity contribution in [3.05, 3.63) is 87.5 Å². The molecule has 0 saturated heterocycles. The van der Waals surface area contributed by atoms with Gasteiger partial charge in [0.1, 0.15) is 5.75 Å². The van der Waals surface area contributed by atoms with Crippen LogP contribution in [0.5, 0.6) is 5.75 Å². The van der Waals surface area contributed by atoms with Crippen LogP contribution in [0.15, 0.2) is 77.9 Å². The van der Waals surface area contributed by atoms with Crippen LogP contribution in [0.25, 0.3) is 11.1 Å². The van der Waals surface area contributed by atoms with Crippen molar-refractivity contribution in [2.24, 2.45) is 5.10 Å². The Morgan fingerprint density at radius 1 is 0.926 bits per heavy atom. The Kier molecular flexibility index (Phi) is 6.24. The van der Waals surface area contributed by atoms with E-state index in [2.05, 4.69) is 57.4 Å². The maximum atomic E-state index is 12.3. The number of methoxy groups -OCH3 is 1. The molecule has 27 heavy (non-hydrogen) atoms. The van der Waals surface area contributed by atoms with Gasteiger partial charge in [-0.25, -0.2) is 5.43 Å². The van der Waals surface area contributed by atoms with Gasteiger partial charge in [0.2, 0.25) is 0 Å². The van der Waals surface area contributed by atoms with Gasteiger partial charge in [-0.05, 0) is 64.4 Å². The molecular weight excluding hydrogens is 451 g/mol. The Bertz CT molecular complexity index is 967. The summed E-state index contributed by atoms with van der Waals surface area (Å²) in [6, 6.07) is 23.6. The van der Waals surface area contributed by atoms with Gasteiger partial charge in [-0.15, -0.1) is 0 Å². The van der Waals surface area contributed by atoms with Crippen molar-refractivity contribution >= 4 is 34.2 Å². The first-order valence-corrected chi connectivity index (χ1v) is 9.50. The lowest BCUT2D eigenvalue weighted by atomic mass is 10.0. The molecule has 0 bridgehead atoms. The zero-order valence-electron chi connectivity index (χ0n) is 15.1. The summed E-state index contributed by atoms with van der Waals surface area (Å²) in [7, 11) is 1.61. The van der Waals surface area contributed by atoms with Crippen LogP contribution >= 0.6 is 22.6 Å². The summed E-state index contributed by atoms with van der Waals surface area (Å²) >= 11 is 2.14. The number of hydrogen-bond donors (Lipinski definition) is 1. The summed E-state index contributed by atoms with van der Waals surface area (Å²) in [5.41, 5.74) is 7.16. The molecule has 0 unspecified atom stereocenters. The van der Waals surface area contributed by atoms with Gasteiger partial charge in [-0.3, -0.25) is 4.79 Å². The predicted molar refractivity (Wildman–Crippen MR) is 117 cm³/mol. The molecule has 0 aliphatic rings. The molecule has 3 rings (SSSR count). The third-order valence-corrected chi connectivity index (χ3v) is 4.99. The lowest BCUT2D eigenvalue weighted by Crippen LogP contribution is -2.19. The molecule has 0 aliphatic carbocycles. The molecule has 4 nitrogen and oxygen atoms in total. The maximum absolute atomic E-state index is 12.3. The van der Waals surface area contributed by atoms with Gasteiger partial charge in [0.25, 0.3) is 5.91 Å². The molecule has 0 saturated carbocycles. The average Bonchev–Trinajstić information content (AvgIpc) is 2.72. The number of nitrogens with zero attached hydrogens (tertiary/aromatic N) is 1. The van der Waals surface area contributed by atoms with Crippen LogP contribution < -0.4 is 10.2 Å². The number of nitrogens with one attached hydrogen (secondary N) is 1. The molecular formula is C22H19IN2O2. The van der Waals surface area contributed by atoms with E-state index in [4.69, 9.17) is 4.74 Å². The molecule has 3 aromatic carbocycles. The largest absolute Gasteiger partial charge is 0.496 e. The van der Waals surface area contributed by atoms with E-state index in [9.17, 15) is 4.79 Å². The number of carbonyl (C=O) groups is 1. The van der Waals surface area contributed by atoms with Crippen molar-refractivity contribution in [2.45, 2.75) is 6.92 Å². The third-order valence-electron chi connectivity index (χ3n) is 4.15. The van der Waals surface area contributed by atoms with Crippen molar-refractivity contribution in [3.63, 3.8) is 0 Å². The maximum Gasteiger partial charge on any atom is 0.271 e. The van der Waals surface area contributed by atoms with Crippen LogP contribution in [0.3, 0.4) is 0 Å². The highest BCUT2D eigenvalue weighted by Crippen LogP contribution is 2.22. The van der Waals surface area contributed by atoms with Crippen molar-refractivity contribution in [3.8, 4) is 16.9 Å². The van der Waals surface area contributed by atoms with Gasteiger partial charge >= 0.3 is 0 Å². The highest BCUT2D eigenvalue weighted by atomic mass is 127. The fraction of sp³-hybridized carbons (Fsp3) is 0.0909. The van der Waals surface area contributed by atoms with Crippen LogP contribution in [0.4, 0.5) is 0 Å². The average molecular weight is 470 g/mol. The third kappa shape index (κ3) is 4.74. The molecule has 1 N–H and O–H groups in total. The van der Waals surface area contributed by atoms with Crippen molar-refractivity contribution < 1.29 is 9.53 Å². The van der Waals surface area contributed by atoms with E-state index in [1.165, 1.54) is 5.56 Å². The van der Waals surface area contributed by atoms with Crippen LogP contribution in [-0.4, -0.2) is 18.7 Å². The Balaban J connectivity index is 1.70. The minimum absolute atomic E-state index is 0.254. The number of hydrazone groups is 1. The molecule has 5 heteroatoms. The fourth-order valence-corrected chi connectivity index (χ4v) is 3.34. The standard InChI is InChI=1S/C22H19IN2O2/c1-15(16-8-10-18(11-9-16)17-6-4-3-5-7-17)24-25-22(26)19-12-13-21(27-2)20(23)14-19/h3-14H,1-2H3,(H,25,26). The molecule has 0 spiro atoms. The second kappa shape index (κ2) is 8.81. The van der Waals surface area contributed by atoms with Crippen LogP contribution in [-0.2, 0) is 0 Å². The molecule has 0 heterocycles. The Morgan fingerprint density at radius 3 is 2.19 bits per heavy atom. The first-order valence-electron chi connectivity index (χ1n) is 8.42. The van der Waals surface area contributed by atoms with E-state index in [0.717, 1.165) is 26.2 Å². The molecule has 136 valence electrons. The van der Waals surface area contributed by atoms with E-state index >= 15 is 0 Å². The summed E-state index contributed by atoms with van der Waals surface area (Å²) < 4.78 is 6.09. The first-order chi connectivity index (χ1) is 13.1. The summed E-state index contributed by atoms with van der Waals surface area (Å²) in [5, 5.41) is 4.23. The summed E-state index contributed by atoms with van der Waals surface area (Å²) in [6.45, 7) is 1.87. The number of ether oxygens (including phenoxy) is 1. The van der Waals surface area contributed by atoms with Crippen LogP contribution in [0.1, 0.15) is 22.8 Å². The topological polar surface area (TPSA) is 50.7 Å². The lowest BCUT2D eigenvalue weighted by molar-refractivity contribution is 0.0954. The Hall–Kier alpha value is -2.67. The smallest absolute Gasteiger partial charge is 0.271 e. The van der Waals surface area contributed by atoms with Gasteiger partial charge in [-0.1, -0.05) is 54.6 Å². The van der Waals surface area contributed by atoms with Gasteiger partial charge in [0.05, 0.1) is 16.4 Å². The molecule has 0 atom stereocenters. The molecule has 3 aromatic rings. The normalized spacial score (nSPS) is 11.1. The van der Waals surface area contributed by atoms with Crippen molar-refractivity contribution in [1.82, 2.24) is 5.43 Å². The van der Waals surface area contributed by atoms with Crippen LogP contribution in [0.2, 0.25) is 0 Å². The zero-order valence-corrected chi connectivity index (χ0v) is 17.2. The lowest BCUT2D eigenvalue weighted by Gasteiger charge is -2.07. The molecule has 1 amide bonds. The second-order valence-corrected chi connectivity index (χ2v) is 7.09. The number of halogens is 1. The summed E-state index contributed by atoms with van der Waals surface area (Å²) in [5.74, 6) is 0.487. The van der Waals surface area contributed by atoms with Gasteiger partial charge in [-0.2, -0.15) is 5.10 Å². The summed E-state index contributed by atoms with van der Waals surface area (Å²) in [6.07, 6.45) is 0. The Morgan fingerprint density at radius 2 is 1.56 bits per heavy atom. The zero-order chi connectivity index (χ0) is 19.2. The molecule has 0 radical (unpaired) electrons. The minimum atomic E-state index is -0.254. The van der Waals surface area contributed by atoms with E-state index in [1.807, 2.05) is 37.3 Å². The number of amides is 1. The molecule has 0 fully saturated rings. The predicted octanol–water partition coefficient (Wildman–Crippen LogP) is 5.12. The minimum Gasteiger partial charge on any atom is -0.496 e. The molecule has 0 aliphatic heterocycles. The second-order valence-electron chi connectivity index (χ2n) is 5.93. The number of hydrogen-bond acceptors (Lipinski definition) is 3. The first kappa shape index (κ1) is 19.1.